The van der Waals surface area contributed by atoms with E-state index in [4.69, 9.17) is 25.8 Å². The second kappa shape index (κ2) is 13.6. The topological polar surface area (TPSA) is 191 Å². The molecule has 3 aromatic rings. The maximum atomic E-state index is 14.2. The zero-order chi connectivity index (χ0) is 35.1. The van der Waals surface area contributed by atoms with Gasteiger partial charge in [0.25, 0.3) is 11.8 Å². The fourth-order valence-corrected chi connectivity index (χ4v) is 8.10. The Morgan fingerprint density at radius 3 is 2.61 bits per heavy atom. The van der Waals surface area contributed by atoms with E-state index in [2.05, 4.69) is 35.7 Å². The van der Waals surface area contributed by atoms with Crippen molar-refractivity contribution in [3.8, 4) is 17.5 Å². The molecule has 3 N–H and O–H groups in total. The zero-order valence-electron chi connectivity index (χ0n) is 27.0. The molecule has 18 heteroatoms. The van der Waals surface area contributed by atoms with Crippen molar-refractivity contribution in [3.63, 3.8) is 0 Å². The van der Waals surface area contributed by atoms with Crippen LogP contribution in [0.2, 0.25) is 5.02 Å². The van der Waals surface area contributed by atoms with Crippen LogP contribution in [0.3, 0.4) is 0 Å². The first-order valence-electron chi connectivity index (χ1n) is 15.7. The van der Waals surface area contributed by atoms with Crippen LogP contribution in [0.25, 0.3) is 10.8 Å². The van der Waals surface area contributed by atoms with Crippen LogP contribution in [-0.4, -0.2) is 94.5 Å². The number of aromatic nitrogens is 3. The largest absolute Gasteiger partial charge is 0.494 e. The molecule has 5 atom stereocenters. The normalized spacial score (nSPS) is 23.8. The SMILES string of the molecule is C=C[C@@H]1C[C@]1(NC(=O)[C@@H]1C[C@@H](Oc2ncc(OC)c3cc(Cl)ccc23)CN1C(=O)C(CC)Nc1nsnc1OC)C(=O)NS(=O)(=O)C1CC1. The Kier molecular flexibility index (Phi) is 9.61. The van der Waals surface area contributed by atoms with Crippen LogP contribution in [0, 0.1) is 5.92 Å². The van der Waals surface area contributed by atoms with Crippen LogP contribution in [0.5, 0.6) is 17.5 Å². The van der Waals surface area contributed by atoms with Crippen molar-refractivity contribution in [3.05, 3.63) is 42.1 Å². The van der Waals surface area contributed by atoms with Crippen molar-refractivity contribution in [2.45, 2.75) is 68.0 Å². The molecule has 3 aliphatic rings. The number of likely N-dealkylation sites (tertiary alicyclic amines) is 1. The number of anilines is 1. The molecule has 49 heavy (non-hydrogen) atoms. The molecule has 0 spiro atoms. The van der Waals surface area contributed by atoms with E-state index in [-0.39, 0.29) is 37.0 Å². The van der Waals surface area contributed by atoms with Gasteiger partial charge in [0.1, 0.15) is 29.5 Å². The van der Waals surface area contributed by atoms with E-state index >= 15 is 0 Å². The summed E-state index contributed by atoms with van der Waals surface area (Å²) in [6.45, 7) is 5.57. The fraction of sp³-hybridized carbons (Fsp3) is 0.484. The smallest absolute Gasteiger partial charge is 0.270 e. The molecule has 6 rings (SSSR count). The van der Waals surface area contributed by atoms with Crippen molar-refractivity contribution in [1.82, 2.24) is 28.7 Å². The summed E-state index contributed by atoms with van der Waals surface area (Å²) < 4.78 is 52.7. The van der Waals surface area contributed by atoms with E-state index in [1.165, 1.54) is 31.4 Å². The highest BCUT2D eigenvalue weighted by atomic mass is 35.5. The van der Waals surface area contributed by atoms with Crippen molar-refractivity contribution in [1.29, 1.82) is 0 Å². The molecule has 2 saturated carbocycles. The zero-order valence-corrected chi connectivity index (χ0v) is 29.4. The molecule has 1 saturated heterocycles. The number of sulfonamides is 1. The van der Waals surface area contributed by atoms with E-state index in [0.29, 0.717) is 40.8 Å². The number of halogens is 1. The van der Waals surface area contributed by atoms with Crippen LogP contribution in [0.1, 0.15) is 39.0 Å². The molecule has 15 nitrogen and oxygen atoms in total. The third kappa shape index (κ3) is 6.83. The fourth-order valence-electron chi connectivity index (χ4n) is 6.08. The van der Waals surface area contributed by atoms with Crippen molar-refractivity contribution in [2.24, 2.45) is 5.92 Å². The molecule has 2 aromatic heterocycles. The summed E-state index contributed by atoms with van der Waals surface area (Å²) in [5, 5.41) is 7.00. The third-order valence-corrected chi connectivity index (χ3v) is 11.6. The van der Waals surface area contributed by atoms with E-state index in [1.807, 2.05) is 0 Å². The van der Waals surface area contributed by atoms with E-state index in [0.717, 1.165) is 11.7 Å². The maximum Gasteiger partial charge on any atom is 0.270 e. The maximum absolute atomic E-state index is 14.2. The molecule has 1 aromatic carbocycles. The number of ether oxygens (including phenoxy) is 3. The predicted molar refractivity (Wildman–Crippen MR) is 181 cm³/mol. The number of nitrogens with one attached hydrogen (secondary N) is 3. The Morgan fingerprint density at radius 2 is 1.96 bits per heavy atom. The summed E-state index contributed by atoms with van der Waals surface area (Å²) in [5.74, 6) is -1.13. The van der Waals surface area contributed by atoms with Gasteiger partial charge in [0.05, 0.1) is 43.9 Å². The molecular weight excluding hydrogens is 698 g/mol. The van der Waals surface area contributed by atoms with Gasteiger partial charge < -0.3 is 29.7 Å². The highest BCUT2D eigenvalue weighted by Crippen LogP contribution is 2.45. The quantitative estimate of drug-likeness (QED) is 0.206. The van der Waals surface area contributed by atoms with Gasteiger partial charge in [0.2, 0.25) is 33.5 Å². The number of hydrogen-bond donors (Lipinski definition) is 3. The number of pyridine rings is 1. The lowest BCUT2D eigenvalue weighted by atomic mass is 10.1. The first-order valence-corrected chi connectivity index (χ1v) is 18.3. The molecular formula is C31H36ClN7O8S2. The Labute approximate surface area is 292 Å². The number of amides is 3. The van der Waals surface area contributed by atoms with Gasteiger partial charge in [0, 0.05) is 28.1 Å². The Morgan fingerprint density at radius 1 is 1.18 bits per heavy atom. The molecule has 262 valence electrons. The molecule has 1 aliphatic heterocycles. The molecule has 1 unspecified atom stereocenters. The van der Waals surface area contributed by atoms with Crippen molar-refractivity contribution in [2.75, 3.05) is 26.1 Å². The number of fused-ring (bicyclic) bond motifs is 1. The summed E-state index contributed by atoms with van der Waals surface area (Å²) in [6.07, 6.45) is 3.79. The average molecular weight is 734 g/mol. The predicted octanol–water partition coefficient (Wildman–Crippen LogP) is 2.67. The molecule has 3 heterocycles. The van der Waals surface area contributed by atoms with Gasteiger partial charge in [-0.1, -0.05) is 24.6 Å². The third-order valence-electron chi connectivity index (χ3n) is 9.04. The van der Waals surface area contributed by atoms with E-state index in [9.17, 15) is 22.8 Å². The molecule has 0 bridgehead atoms. The van der Waals surface area contributed by atoms with Crippen molar-refractivity contribution < 1.29 is 37.0 Å². The summed E-state index contributed by atoms with van der Waals surface area (Å²) >= 11 is 7.17. The molecule has 3 amide bonds. The molecule has 0 radical (unpaired) electrons. The van der Waals surface area contributed by atoms with E-state index < -0.39 is 62.6 Å². The molecule has 2 aliphatic carbocycles. The van der Waals surface area contributed by atoms with Gasteiger partial charge in [-0.25, -0.2) is 13.4 Å². The van der Waals surface area contributed by atoms with Gasteiger partial charge >= 0.3 is 0 Å². The Hall–Kier alpha value is -4.22. The molecule has 3 fully saturated rings. The number of nitrogens with zero attached hydrogens (tertiary/aromatic N) is 4. The summed E-state index contributed by atoms with van der Waals surface area (Å²) in [5.41, 5.74) is -1.52. The minimum Gasteiger partial charge on any atom is -0.494 e. The van der Waals surface area contributed by atoms with Gasteiger partial charge in [-0.15, -0.1) is 11.0 Å². The first kappa shape index (κ1) is 34.6. The van der Waals surface area contributed by atoms with Gasteiger partial charge in [0.15, 0.2) is 0 Å². The number of methoxy groups -OCH3 is 2. The Bertz CT molecular complexity index is 1910. The highest BCUT2D eigenvalue weighted by Gasteiger charge is 2.62. The van der Waals surface area contributed by atoms with Crippen LogP contribution < -0.4 is 29.6 Å². The first-order chi connectivity index (χ1) is 23.4. The summed E-state index contributed by atoms with van der Waals surface area (Å²) in [4.78, 5) is 47.5. The van der Waals surface area contributed by atoms with Gasteiger partial charge in [-0.2, -0.15) is 4.37 Å². The van der Waals surface area contributed by atoms with Gasteiger partial charge in [-0.3, -0.25) is 19.1 Å². The van der Waals surface area contributed by atoms with Crippen LogP contribution in [-0.2, 0) is 24.4 Å². The number of carbonyl (C=O) groups excluding carboxylic acids is 3. The van der Waals surface area contributed by atoms with Crippen LogP contribution >= 0.6 is 23.3 Å². The summed E-state index contributed by atoms with van der Waals surface area (Å²) in [6, 6.07) is 3.26. The van der Waals surface area contributed by atoms with Crippen LogP contribution in [0.15, 0.2) is 37.1 Å². The number of rotatable bonds is 14. The minimum atomic E-state index is -3.88. The lowest BCUT2D eigenvalue weighted by Gasteiger charge is -2.29. The summed E-state index contributed by atoms with van der Waals surface area (Å²) in [7, 11) is -0.922. The monoisotopic (exact) mass is 733 g/mol. The van der Waals surface area contributed by atoms with Crippen LogP contribution in [0.4, 0.5) is 5.82 Å². The number of carbonyl (C=O) groups is 3. The lowest BCUT2D eigenvalue weighted by molar-refractivity contribution is -0.140. The second-order valence-corrected chi connectivity index (χ2v) is 15.1. The Balaban J connectivity index is 1.28. The van der Waals surface area contributed by atoms with Gasteiger partial charge in [-0.05, 0) is 43.9 Å². The van der Waals surface area contributed by atoms with Crippen molar-refractivity contribution >= 4 is 67.7 Å². The minimum absolute atomic E-state index is 0.00445. The highest BCUT2D eigenvalue weighted by molar-refractivity contribution is 7.91. The number of hydrogen-bond acceptors (Lipinski definition) is 13. The lowest BCUT2D eigenvalue weighted by Crippen LogP contribution is -2.57. The second-order valence-electron chi connectivity index (χ2n) is 12.2. The number of benzene rings is 1. The standard InChI is InChI=1S/C31H36ClN7O8S2/c1-5-16-13-31(16,30(42)38-49(43,44)19-8-9-19)35-26(40)23-12-18(47-27-20-10-7-17(32)11-21(20)24(45-3)14-33-27)15-39(23)29(41)22(6-2)34-25-28(46-4)37-48-36-25/h5,7,10-11,14,16,18-19,22-23H,1,6,8-9,12-13,15H2,2-4H3,(H,34,36)(H,35,40)(H,38,42)/t16-,18-,22?,23+,31-/m1/s1. The average Bonchev–Trinajstić information content (AvgIpc) is 3.97. The van der Waals surface area contributed by atoms with E-state index in [1.54, 1.807) is 25.1 Å².